The molecule has 0 radical (unpaired) electrons. The normalized spacial score (nSPS) is 19.7. The number of carbonyl (C=O) groups is 1. The van der Waals surface area contributed by atoms with Gasteiger partial charge in [-0.15, -0.1) is 4.36 Å². The summed E-state index contributed by atoms with van der Waals surface area (Å²) >= 11 is 0. The molecule has 1 aromatic carbocycles. The number of nitrogens with one attached hydrogen (secondary N) is 2. The summed E-state index contributed by atoms with van der Waals surface area (Å²) in [7, 11) is -2.99. The van der Waals surface area contributed by atoms with Gasteiger partial charge in [-0.05, 0) is 48.7 Å². The van der Waals surface area contributed by atoms with Gasteiger partial charge in [-0.2, -0.15) is 0 Å². The second-order valence-electron chi connectivity index (χ2n) is 8.75. The van der Waals surface area contributed by atoms with E-state index in [0.717, 1.165) is 59.6 Å². The lowest BCUT2D eigenvalue weighted by Crippen LogP contribution is -2.36. The Bertz CT molecular complexity index is 1390. The molecule has 10 nitrogen and oxygen atoms in total. The molecule has 0 aliphatic carbocycles. The van der Waals surface area contributed by atoms with E-state index in [1.807, 2.05) is 24.3 Å². The number of nitrogens with zero attached hydrogens (tertiary/aromatic N) is 4. The van der Waals surface area contributed by atoms with Crippen molar-refractivity contribution >= 4 is 32.5 Å². The number of aromatic nitrogens is 2. The summed E-state index contributed by atoms with van der Waals surface area (Å²) in [4.78, 5) is 24.4. The van der Waals surface area contributed by atoms with E-state index >= 15 is 0 Å². The molecule has 2 N–H and O–H groups in total. The molecule has 2 aliphatic rings. The van der Waals surface area contributed by atoms with Gasteiger partial charge in [0.2, 0.25) is 0 Å². The van der Waals surface area contributed by atoms with E-state index in [9.17, 15) is 9.00 Å². The molecule has 2 atom stereocenters. The smallest absolute Gasteiger partial charge is 0.442 e. The fraction of sp³-hybridized carbons (Fsp3) is 0.400. The lowest BCUT2D eigenvalue weighted by atomic mass is 9.99. The van der Waals surface area contributed by atoms with Crippen molar-refractivity contribution in [1.82, 2.24) is 20.8 Å². The van der Waals surface area contributed by atoms with Gasteiger partial charge in [0, 0.05) is 42.4 Å². The van der Waals surface area contributed by atoms with E-state index in [2.05, 4.69) is 26.2 Å². The molecular weight excluding hydrogens is 480 g/mol. The highest BCUT2D eigenvalue weighted by molar-refractivity contribution is 7.93. The number of pyridine rings is 2. The van der Waals surface area contributed by atoms with Crippen molar-refractivity contribution in [3.05, 3.63) is 48.3 Å². The minimum atomic E-state index is -2.99. The van der Waals surface area contributed by atoms with Gasteiger partial charge in [0.05, 0.1) is 46.8 Å². The van der Waals surface area contributed by atoms with E-state index in [1.165, 1.54) is 6.26 Å². The number of hydrogen-bond donors (Lipinski definition) is 2. The molecule has 0 bridgehead atoms. The van der Waals surface area contributed by atoms with Crippen molar-refractivity contribution in [2.24, 2.45) is 4.36 Å². The number of morpholine rings is 1. The highest BCUT2D eigenvalue weighted by Gasteiger charge is 2.24. The van der Waals surface area contributed by atoms with Gasteiger partial charge in [0.15, 0.2) is 0 Å². The number of rotatable bonds is 5. The lowest BCUT2D eigenvalue weighted by molar-refractivity contribution is 0.122. The maximum Gasteiger partial charge on any atom is 0.442 e. The number of ether oxygens (including phenoxy) is 2. The van der Waals surface area contributed by atoms with Crippen molar-refractivity contribution in [2.75, 3.05) is 50.6 Å². The fourth-order valence-corrected chi connectivity index (χ4v) is 5.66. The first-order valence-corrected chi connectivity index (χ1v) is 14.0. The third-order valence-corrected chi connectivity index (χ3v) is 7.97. The molecule has 5 rings (SSSR count). The topological polar surface area (TPSA) is 118 Å². The van der Waals surface area contributed by atoms with Crippen molar-refractivity contribution in [3.8, 4) is 11.1 Å². The average Bonchev–Trinajstić information content (AvgIpc) is 3.43. The van der Waals surface area contributed by atoms with Gasteiger partial charge in [-0.3, -0.25) is 10.4 Å². The van der Waals surface area contributed by atoms with Crippen LogP contribution < -0.4 is 15.8 Å². The lowest BCUT2D eigenvalue weighted by Gasteiger charge is -2.29. The first-order chi connectivity index (χ1) is 17.5. The monoisotopic (exact) mass is 510 g/mol. The molecule has 2 aromatic heterocycles. The molecule has 190 valence electrons. The van der Waals surface area contributed by atoms with Crippen molar-refractivity contribution < 1.29 is 18.5 Å². The standard InChI is InChI=1S/C25H30N6O4S/c1-3-35-25(32)30-36(2,33)18-6-4-5-17(15-18)20-16-22(31-11-13-34-14-12-31)28-23-19(20)7-9-26-24(23)21-8-10-27-29-21/h4-7,9,15-16,21,27,29H,3,8,10-14H2,1-2H3. The zero-order valence-electron chi connectivity index (χ0n) is 20.4. The molecule has 3 aromatic rings. The Morgan fingerprint density at radius 3 is 2.86 bits per heavy atom. The Hall–Kier alpha value is -3.12. The Morgan fingerprint density at radius 2 is 2.11 bits per heavy atom. The summed E-state index contributed by atoms with van der Waals surface area (Å²) in [5.41, 5.74) is 10.0. The fourth-order valence-electron chi connectivity index (χ4n) is 4.54. The van der Waals surface area contributed by atoms with E-state index in [0.29, 0.717) is 18.1 Å². The van der Waals surface area contributed by atoms with E-state index < -0.39 is 15.8 Å². The van der Waals surface area contributed by atoms with Crippen LogP contribution in [0, 0.1) is 0 Å². The summed E-state index contributed by atoms with van der Waals surface area (Å²) < 4.78 is 27.6. The summed E-state index contributed by atoms with van der Waals surface area (Å²) in [6.45, 7) is 5.50. The van der Waals surface area contributed by atoms with Gasteiger partial charge in [0.25, 0.3) is 0 Å². The van der Waals surface area contributed by atoms with Gasteiger partial charge in [-0.25, -0.2) is 19.4 Å². The number of fused-ring (bicyclic) bond motifs is 1. The first kappa shape index (κ1) is 24.6. The van der Waals surface area contributed by atoms with Crippen LogP contribution in [0.3, 0.4) is 0 Å². The van der Waals surface area contributed by atoms with Crippen LogP contribution in [-0.4, -0.2) is 66.0 Å². The maximum absolute atomic E-state index is 13.3. The Labute approximate surface area is 210 Å². The summed E-state index contributed by atoms with van der Waals surface area (Å²) in [5, 5.41) is 0.952. The second-order valence-corrected chi connectivity index (χ2v) is 11.0. The molecule has 2 unspecified atom stereocenters. The number of hydrazine groups is 1. The van der Waals surface area contributed by atoms with Crippen LogP contribution in [0.5, 0.6) is 0 Å². The van der Waals surface area contributed by atoms with Crippen molar-refractivity contribution in [2.45, 2.75) is 24.3 Å². The Morgan fingerprint density at radius 1 is 1.28 bits per heavy atom. The quantitative estimate of drug-likeness (QED) is 0.533. The molecule has 2 aliphatic heterocycles. The van der Waals surface area contributed by atoms with Crippen LogP contribution in [0.1, 0.15) is 25.1 Å². The van der Waals surface area contributed by atoms with Crippen LogP contribution in [0.4, 0.5) is 10.6 Å². The molecule has 0 saturated carbocycles. The van der Waals surface area contributed by atoms with E-state index in [1.54, 1.807) is 19.2 Å². The van der Waals surface area contributed by atoms with Gasteiger partial charge in [0.1, 0.15) is 5.82 Å². The van der Waals surface area contributed by atoms with Gasteiger partial charge >= 0.3 is 6.09 Å². The molecule has 2 saturated heterocycles. The minimum Gasteiger partial charge on any atom is -0.448 e. The zero-order chi connectivity index (χ0) is 25.1. The molecule has 11 heteroatoms. The van der Waals surface area contributed by atoms with Crippen molar-refractivity contribution in [3.63, 3.8) is 0 Å². The maximum atomic E-state index is 13.3. The van der Waals surface area contributed by atoms with E-state index in [4.69, 9.17) is 19.4 Å². The number of hydrogen-bond acceptors (Lipinski definition) is 9. The third-order valence-electron chi connectivity index (χ3n) is 6.34. The van der Waals surface area contributed by atoms with Crippen LogP contribution in [0.2, 0.25) is 0 Å². The molecule has 0 spiro atoms. The predicted molar refractivity (Wildman–Crippen MR) is 138 cm³/mol. The highest BCUT2D eigenvalue weighted by atomic mass is 32.2. The summed E-state index contributed by atoms with van der Waals surface area (Å²) in [6.07, 6.45) is 3.34. The SMILES string of the molecule is CCOC(=O)N=S(C)(=O)c1cccc(-c2cc(N3CCOCC3)nc3c(C4CCNN4)nccc23)c1. The number of anilines is 1. The van der Waals surface area contributed by atoms with Gasteiger partial charge in [-0.1, -0.05) is 12.1 Å². The minimum absolute atomic E-state index is 0.0538. The summed E-state index contributed by atoms with van der Waals surface area (Å²) in [5.74, 6) is 0.847. The third kappa shape index (κ3) is 5.05. The largest absolute Gasteiger partial charge is 0.448 e. The first-order valence-electron chi connectivity index (χ1n) is 12.1. The Kier molecular flexibility index (Phi) is 7.15. The predicted octanol–water partition coefficient (Wildman–Crippen LogP) is 3.29. The molecule has 4 heterocycles. The number of carbonyl (C=O) groups excluding carboxylic acids is 1. The van der Waals surface area contributed by atoms with Crippen LogP contribution in [0.25, 0.3) is 22.0 Å². The average molecular weight is 511 g/mol. The molecular formula is C25H30N6O4S. The molecule has 36 heavy (non-hydrogen) atoms. The Balaban J connectivity index is 1.67. The van der Waals surface area contributed by atoms with E-state index in [-0.39, 0.29) is 12.6 Å². The zero-order valence-corrected chi connectivity index (χ0v) is 21.2. The second kappa shape index (κ2) is 10.5. The van der Waals surface area contributed by atoms with Gasteiger partial charge < -0.3 is 14.4 Å². The molecule has 2 fully saturated rings. The van der Waals surface area contributed by atoms with Crippen LogP contribution in [-0.2, 0) is 19.2 Å². The van der Waals surface area contributed by atoms with Crippen molar-refractivity contribution in [1.29, 1.82) is 0 Å². The highest BCUT2D eigenvalue weighted by Crippen LogP contribution is 2.35. The number of benzene rings is 1. The van der Waals surface area contributed by atoms with Crippen LogP contribution >= 0.6 is 0 Å². The summed E-state index contributed by atoms with van der Waals surface area (Å²) in [6, 6.07) is 11.4. The van der Waals surface area contributed by atoms with Crippen LogP contribution in [0.15, 0.2) is 51.9 Å². The molecule has 1 amide bonds. The number of amides is 1.